The molecular formula is C10H14BrFN2O3S. The Hall–Kier alpha value is -0.570. The molecular weight excluding hydrogens is 327 g/mol. The molecule has 1 atom stereocenters. The highest BCUT2D eigenvalue weighted by atomic mass is 79.9. The van der Waals surface area contributed by atoms with Crippen molar-refractivity contribution in [3.8, 4) is 0 Å². The first-order valence-corrected chi connectivity index (χ1v) is 7.78. The molecule has 1 unspecified atom stereocenters. The monoisotopic (exact) mass is 340 g/mol. The van der Waals surface area contributed by atoms with Gasteiger partial charge in [-0.05, 0) is 12.5 Å². The highest BCUT2D eigenvalue weighted by molar-refractivity contribution is 9.09. The van der Waals surface area contributed by atoms with Gasteiger partial charge in [-0.25, -0.2) is 17.5 Å². The lowest BCUT2D eigenvalue weighted by Gasteiger charge is -2.15. The van der Waals surface area contributed by atoms with E-state index in [2.05, 4.69) is 25.6 Å². The van der Waals surface area contributed by atoms with Crippen molar-refractivity contribution in [1.82, 2.24) is 9.71 Å². The van der Waals surface area contributed by atoms with Crippen LogP contribution in [0, 0.1) is 5.82 Å². The van der Waals surface area contributed by atoms with Crippen LogP contribution in [0.2, 0.25) is 0 Å². The maximum atomic E-state index is 12.9. The summed E-state index contributed by atoms with van der Waals surface area (Å²) >= 11 is 3.21. The van der Waals surface area contributed by atoms with E-state index >= 15 is 0 Å². The highest BCUT2D eigenvalue weighted by Gasteiger charge is 2.20. The summed E-state index contributed by atoms with van der Waals surface area (Å²) in [5.41, 5.74) is 0. The largest absolute Gasteiger partial charge is 0.385 e. The van der Waals surface area contributed by atoms with Crippen LogP contribution in [0.25, 0.3) is 0 Å². The minimum Gasteiger partial charge on any atom is -0.385 e. The molecule has 0 aliphatic heterocycles. The maximum Gasteiger partial charge on any atom is 0.242 e. The second kappa shape index (κ2) is 7.13. The Morgan fingerprint density at radius 2 is 2.28 bits per heavy atom. The first kappa shape index (κ1) is 15.5. The summed E-state index contributed by atoms with van der Waals surface area (Å²) in [6.07, 6.45) is 2.57. The molecule has 0 radical (unpaired) electrons. The lowest BCUT2D eigenvalue weighted by atomic mass is 10.3. The molecule has 0 saturated carbocycles. The van der Waals surface area contributed by atoms with Crippen LogP contribution in [-0.4, -0.2) is 38.5 Å². The molecule has 0 aliphatic carbocycles. The second-order valence-corrected chi connectivity index (χ2v) is 5.95. The Labute approximate surface area is 114 Å². The van der Waals surface area contributed by atoms with Crippen LogP contribution in [-0.2, 0) is 14.8 Å². The van der Waals surface area contributed by atoms with Crippen LogP contribution >= 0.6 is 15.9 Å². The molecule has 0 spiro atoms. The summed E-state index contributed by atoms with van der Waals surface area (Å²) in [5.74, 6) is -0.690. The van der Waals surface area contributed by atoms with Crippen molar-refractivity contribution in [2.24, 2.45) is 0 Å². The third-order valence-corrected chi connectivity index (χ3v) is 4.44. The molecule has 102 valence electrons. The number of methoxy groups -OCH3 is 1. The fourth-order valence-electron chi connectivity index (χ4n) is 1.25. The zero-order valence-corrected chi connectivity index (χ0v) is 12.2. The third kappa shape index (κ3) is 4.60. The standard InChI is InChI=1S/C10H14BrFN2O3S/c1-17-3-2-9(5-11)14-18(15,16)10-4-8(12)6-13-7-10/h4,6-7,9,14H,2-3,5H2,1H3. The third-order valence-electron chi connectivity index (χ3n) is 2.17. The van der Waals surface area contributed by atoms with E-state index in [0.29, 0.717) is 18.4 Å². The number of nitrogens with one attached hydrogen (secondary N) is 1. The quantitative estimate of drug-likeness (QED) is 0.759. The lowest BCUT2D eigenvalue weighted by Crippen LogP contribution is -2.36. The number of pyridine rings is 1. The average molecular weight is 341 g/mol. The zero-order chi connectivity index (χ0) is 13.6. The van der Waals surface area contributed by atoms with Gasteiger partial charge in [0.05, 0.1) is 6.20 Å². The molecule has 1 aromatic heterocycles. The smallest absolute Gasteiger partial charge is 0.242 e. The van der Waals surface area contributed by atoms with Crippen LogP contribution in [0.3, 0.4) is 0 Å². The fourth-order valence-corrected chi connectivity index (χ4v) is 3.20. The molecule has 5 nitrogen and oxygen atoms in total. The minimum absolute atomic E-state index is 0.189. The molecule has 0 aliphatic rings. The number of hydrogen-bond donors (Lipinski definition) is 1. The number of halogens is 2. The van der Waals surface area contributed by atoms with Crippen molar-refractivity contribution in [3.63, 3.8) is 0 Å². The topological polar surface area (TPSA) is 68.3 Å². The molecule has 1 rings (SSSR count). The summed E-state index contributed by atoms with van der Waals surface area (Å²) in [5, 5.41) is 0.443. The zero-order valence-electron chi connectivity index (χ0n) is 9.77. The number of nitrogens with zero attached hydrogens (tertiary/aromatic N) is 1. The molecule has 0 bridgehead atoms. The van der Waals surface area contributed by atoms with Gasteiger partial charge in [-0.3, -0.25) is 4.98 Å². The molecule has 0 fully saturated rings. The number of ether oxygens (including phenoxy) is 1. The summed E-state index contributed by atoms with van der Waals surface area (Å²) in [4.78, 5) is 3.33. The summed E-state index contributed by atoms with van der Waals surface area (Å²) in [7, 11) is -2.22. The van der Waals surface area contributed by atoms with E-state index in [-0.39, 0.29) is 10.9 Å². The van der Waals surface area contributed by atoms with E-state index in [9.17, 15) is 12.8 Å². The maximum absolute atomic E-state index is 12.9. The van der Waals surface area contributed by atoms with Crippen molar-refractivity contribution in [3.05, 3.63) is 24.3 Å². The first-order valence-electron chi connectivity index (χ1n) is 5.17. The number of sulfonamides is 1. The number of hydrogen-bond acceptors (Lipinski definition) is 4. The van der Waals surface area contributed by atoms with E-state index < -0.39 is 15.8 Å². The fraction of sp³-hybridized carbons (Fsp3) is 0.500. The normalized spacial score (nSPS) is 13.5. The SMILES string of the molecule is COCCC(CBr)NS(=O)(=O)c1cncc(F)c1. The van der Waals surface area contributed by atoms with Gasteiger partial charge >= 0.3 is 0 Å². The van der Waals surface area contributed by atoms with Crippen molar-refractivity contribution in [2.45, 2.75) is 17.4 Å². The molecule has 1 heterocycles. The Morgan fingerprint density at radius 3 is 2.83 bits per heavy atom. The van der Waals surface area contributed by atoms with Crippen LogP contribution in [0.1, 0.15) is 6.42 Å². The van der Waals surface area contributed by atoms with Crippen molar-refractivity contribution in [2.75, 3.05) is 19.0 Å². The van der Waals surface area contributed by atoms with Gasteiger partial charge in [0.15, 0.2) is 0 Å². The lowest BCUT2D eigenvalue weighted by molar-refractivity contribution is 0.188. The molecule has 1 aromatic rings. The van der Waals surface area contributed by atoms with Crippen molar-refractivity contribution in [1.29, 1.82) is 0 Å². The van der Waals surface area contributed by atoms with Gasteiger partial charge in [0.25, 0.3) is 0 Å². The molecule has 1 N–H and O–H groups in total. The number of rotatable bonds is 7. The Bertz CT molecular complexity index is 484. The number of alkyl halides is 1. The van der Waals surface area contributed by atoms with Gasteiger partial charge in [0.2, 0.25) is 10.0 Å². The summed E-state index contributed by atoms with van der Waals surface area (Å²) in [6, 6.07) is 0.606. The second-order valence-electron chi connectivity index (χ2n) is 3.59. The van der Waals surface area contributed by atoms with Gasteiger partial charge < -0.3 is 4.74 Å². The molecule has 18 heavy (non-hydrogen) atoms. The predicted octanol–water partition coefficient (Wildman–Crippen LogP) is 1.30. The van der Waals surface area contributed by atoms with E-state index in [1.54, 1.807) is 0 Å². The van der Waals surface area contributed by atoms with Gasteiger partial charge in [-0.15, -0.1) is 0 Å². The van der Waals surface area contributed by atoms with Gasteiger partial charge in [-0.2, -0.15) is 0 Å². The molecule has 0 aromatic carbocycles. The van der Waals surface area contributed by atoms with Gasteiger partial charge in [0.1, 0.15) is 10.7 Å². The van der Waals surface area contributed by atoms with Crippen molar-refractivity contribution >= 4 is 26.0 Å². The number of aromatic nitrogens is 1. The Balaban J connectivity index is 2.80. The average Bonchev–Trinajstić information content (AvgIpc) is 2.34. The van der Waals surface area contributed by atoms with Gasteiger partial charge in [-0.1, -0.05) is 15.9 Å². The Kier molecular flexibility index (Phi) is 6.13. The first-order chi connectivity index (χ1) is 8.49. The van der Waals surface area contributed by atoms with Crippen molar-refractivity contribution < 1.29 is 17.5 Å². The highest BCUT2D eigenvalue weighted by Crippen LogP contribution is 2.10. The van der Waals surface area contributed by atoms with E-state index in [1.807, 2.05) is 0 Å². The summed E-state index contributed by atoms with van der Waals surface area (Å²) in [6.45, 7) is 0.431. The Morgan fingerprint density at radius 1 is 1.56 bits per heavy atom. The van der Waals surface area contributed by atoms with E-state index in [4.69, 9.17) is 4.74 Å². The van der Waals surface area contributed by atoms with Crippen LogP contribution < -0.4 is 4.72 Å². The molecule has 8 heteroatoms. The van der Waals surface area contributed by atoms with Crippen LogP contribution in [0.15, 0.2) is 23.4 Å². The molecule has 0 amide bonds. The van der Waals surface area contributed by atoms with Crippen LogP contribution in [0.4, 0.5) is 4.39 Å². The summed E-state index contributed by atoms with van der Waals surface area (Å²) < 4.78 is 44.2. The minimum atomic E-state index is -3.76. The predicted molar refractivity (Wildman–Crippen MR) is 68.6 cm³/mol. The van der Waals surface area contributed by atoms with E-state index in [0.717, 1.165) is 18.5 Å². The van der Waals surface area contributed by atoms with Crippen LogP contribution in [0.5, 0.6) is 0 Å². The van der Waals surface area contributed by atoms with Gasteiger partial charge in [0, 0.05) is 31.3 Å². The van der Waals surface area contributed by atoms with E-state index in [1.165, 1.54) is 7.11 Å². The molecule has 0 saturated heterocycles.